The molecule has 10 heavy (non-hydrogen) atoms. The predicted octanol–water partition coefficient (Wildman–Crippen LogP) is 0.440. The van der Waals surface area contributed by atoms with Gasteiger partial charge in [-0.05, 0) is 0 Å². The van der Waals surface area contributed by atoms with E-state index >= 15 is 0 Å². The Balaban J connectivity index is 3.46. The maximum Gasteiger partial charge on any atom is 0.164 e. The van der Waals surface area contributed by atoms with Crippen molar-refractivity contribution in [1.29, 1.82) is 5.41 Å². The van der Waals surface area contributed by atoms with Gasteiger partial charge in [0.05, 0.1) is 0 Å². The van der Waals surface area contributed by atoms with Crippen LogP contribution >= 0.6 is 11.6 Å². The SMILES string of the molecule is N=c1cc(N)cc(Cl)n1O. The smallest absolute Gasteiger partial charge is 0.164 e. The van der Waals surface area contributed by atoms with Crippen molar-refractivity contribution in [3.63, 3.8) is 0 Å². The van der Waals surface area contributed by atoms with Crippen molar-refractivity contribution >= 4 is 17.3 Å². The predicted molar refractivity (Wildman–Crippen MR) is 36.9 cm³/mol. The molecule has 0 bridgehead atoms. The van der Waals surface area contributed by atoms with Gasteiger partial charge < -0.3 is 10.9 Å². The van der Waals surface area contributed by atoms with Crippen LogP contribution in [0, 0.1) is 5.41 Å². The second-order valence-corrected chi connectivity index (χ2v) is 2.20. The molecule has 0 atom stereocenters. The van der Waals surface area contributed by atoms with Crippen molar-refractivity contribution in [3.8, 4) is 0 Å². The van der Waals surface area contributed by atoms with E-state index in [1.165, 1.54) is 12.1 Å². The minimum Gasteiger partial charge on any atom is -0.426 e. The van der Waals surface area contributed by atoms with Gasteiger partial charge in [-0.2, -0.15) is 4.73 Å². The highest BCUT2D eigenvalue weighted by Crippen LogP contribution is 2.06. The summed E-state index contributed by atoms with van der Waals surface area (Å²) in [7, 11) is 0. The maximum absolute atomic E-state index is 8.87. The number of halogens is 1. The fourth-order valence-electron chi connectivity index (χ4n) is 0.574. The Hall–Kier alpha value is -1.16. The highest BCUT2D eigenvalue weighted by molar-refractivity contribution is 6.29. The van der Waals surface area contributed by atoms with E-state index in [9.17, 15) is 0 Å². The van der Waals surface area contributed by atoms with Crippen LogP contribution in [0.15, 0.2) is 12.1 Å². The number of nitrogens with zero attached hydrogens (tertiary/aromatic N) is 1. The van der Waals surface area contributed by atoms with Crippen LogP contribution in [0.25, 0.3) is 0 Å². The van der Waals surface area contributed by atoms with Crippen LogP contribution in [0.5, 0.6) is 0 Å². The molecule has 4 nitrogen and oxygen atoms in total. The summed E-state index contributed by atoms with van der Waals surface area (Å²) >= 11 is 5.43. The van der Waals surface area contributed by atoms with Crippen molar-refractivity contribution in [2.75, 3.05) is 5.73 Å². The first-order valence-corrected chi connectivity index (χ1v) is 2.91. The summed E-state index contributed by atoms with van der Waals surface area (Å²) in [4.78, 5) is 0. The minimum atomic E-state index is -0.134. The number of nitrogens with one attached hydrogen (secondary N) is 1. The van der Waals surface area contributed by atoms with Crippen molar-refractivity contribution in [2.24, 2.45) is 0 Å². The second kappa shape index (κ2) is 2.22. The summed E-state index contributed by atoms with van der Waals surface area (Å²) < 4.78 is 0.540. The molecule has 4 N–H and O–H groups in total. The van der Waals surface area contributed by atoms with Gasteiger partial charge in [-0.3, -0.25) is 5.41 Å². The molecule has 5 heteroatoms. The lowest BCUT2D eigenvalue weighted by molar-refractivity contribution is 0.171. The Morgan fingerprint density at radius 2 is 2.20 bits per heavy atom. The summed E-state index contributed by atoms with van der Waals surface area (Å²) in [6.45, 7) is 0. The van der Waals surface area contributed by atoms with Gasteiger partial charge in [-0.1, -0.05) is 11.6 Å². The van der Waals surface area contributed by atoms with E-state index in [-0.39, 0.29) is 10.6 Å². The van der Waals surface area contributed by atoms with E-state index in [0.717, 1.165) is 0 Å². The Morgan fingerprint density at radius 3 is 2.70 bits per heavy atom. The largest absolute Gasteiger partial charge is 0.426 e. The van der Waals surface area contributed by atoms with Crippen molar-refractivity contribution in [3.05, 3.63) is 22.8 Å². The van der Waals surface area contributed by atoms with Crippen LogP contribution < -0.4 is 11.2 Å². The van der Waals surface area contributed by atoms with Gasteiger partial charge in [0.2, 0.25) is 0 Å². The van der Waals surface area contributed by atoms with Gasteiger partial charge in [0.1, 0.15) is 5.15 Å². The number of hydrogen-bond acceptors (Lipinski definition) is 3. The average molecular weight is 160 g/mol. The lowest BCUT2D eigenvalue weighted by atomic mass is 10.4. The van der Waals surface area contributed by atoms with Crippen LogP contribution in [-0.2, 0) is 0 Å². The Bertz CT molecular complexity index is 306. The summed E-state index contributed by atoms with van der Waals surface area (Å²) in [5, 5.41) is 16.0. The van der Waals surface area contributed by atoms with Gasteiger partial charge in [0.15, 0.2) is 5.49 Å². The molecule has 1 heterocycles. The maximum atomic E-state index is 8.87. The number of nitrogen functional groups attached to an aromatic ring is 1. The fourth-order valence-corrected chi connectivity index (χ4v) is 0.791. The Kier molecular flexibility index (Phi) is 1.55. The molecule has 0 radical (unpaired) electrons. The van der Waals surface area contributed by atoms with E-state index in [1.54, 1.807) is 0 Å². The summed E-state index contributed by atoms with van der Waals surface area (Å²) in [5.41, 5.74) is 5.53. The van der Waals surface area contributed by atoms with Gasteiger partial charge in [0, 0.05) is 17.8 Å². The molecular formula is C5H6ClN3O. The van der Waals surface area contributed by atoms with Gasteiger partial charge >= 0.3 is 0 Å². The molecule has 0 aliphatic rings. The number of aromatic nitrogens is 1. The highest BCUT2D eigenvalue weighted by Gasteiger charge is 1.96. The monoisotopic (exact) mass is 159 g/mol. The van der Waals surface area contributed by atoms with Crippen molar-refractivity contribution in [2.45, 2.75) is 0 Å². The summed E-state index contributed by atoms with van der Waals surface area (Å²) in [5.74, 6) is 0. The van der Waals surface area contributed by atoms with E-state index < -0.39 is 0 Å². The first-order chi connectivity index (χ1) is 4.61. The average Bonchev–Trinajstić information content (AvgIpc) is 1.82. The van der Waals surface area contributed by atoms with Crippen LogP contribution in [0.1, 0.15) is 0 Å². The molecule has 0 saturated heterocycles. The number of nitrogens with two attached hydrogens (primary N) is 1. The van der Waals surface area contributed by atoms with Crippen LogP contribution in [0.3, 0.4) is 0 Å². The molecular weight excluding hydrogens is 154 g/mol. The van der Waals surface area contributed by atoms with Crippen LogP contribution in [0.4, 0.5) is 5.69 Å². The molecule has 0 aliphatic carbocycles. The molecule has 0 aliphatic heterocycles. The number of pyridine rings is 1. The third-order valence-electron chi connectivity index (χ3n) is 1.02. The van der Waals surface area contributed by atoms with E-state index in [4.69, 9.17) is 28.0 Å². The second-order valence-electron chi connectivity index (χ2n) is 1.81. The van der Waals surface area contributed by atoms with Gasteiger partial charge in [-0.15, -0.1) is 0 Å². The van der Waals surface area contributed by atoms with Crippen LogP contribution in [0.2, 0.25) is 5.15 Å². The van der Waals surface area contributed by atoms with E-state index in [2.05, 4.69) is 0 Å². The van der Waals surface area contributed by atoms with Crippen molar-refractivity contribution in [1.82, 2.24) is 4.73 Å². The molecule has 54 valence electrons. The summed E-state index contributed by atoms with van der Waals surface area (Å²) in [6, 6.07) is 2.66. The Morgan fingerprint density at radius 1 is 1.60 bits per heavy atom. The molecule has 0 unspecified atom stereocenters. The molecule has 1 aromatic heterocycles. The first-order valence-electron chi connectivity index (χ1n) is 2.53. The van der Waals surface area contributed by atoms with Gasteiger partial charge in [-0.25, -0.2) is 0 Å². The normalized spacial score (nSPS) is 9.70. The zero-order valence-electron chi connectivity index (χ0n) is 5.00. The van der Waals surface area contributed by atoms with E-state index in [1.807, 2.05) is 0 Å². The molecule has 0 amide bonds. The Labute approximate surface area is 61.9 Å². The zero-order valence-corrected chi connectivity index (χ0v) is 5.76. The van der Waals surface area contributed by atoms with Crippen LogP contribution in [-0.4, -0.2) is 9.94 Å². The van der Waals surface area contributed by atoms with Gasteiger partial charge in [0.25, 0.3) is 0 Å². The molecule has 0 fully saturated rings. The standard InChI is InChI=1S/C5H6ClN3O/c6-4-1-3(7)2-5(8)9(4)10/h1-2,8,10H,7H2. The quantitative estimate of drug-likeness (QED) is 0.380. The fraction of sp³-hybridized carbons (Fsp3) is 0. The third kappa shape index (κ3) is 1.06. The number of anilines is 1. The summed E-state index contributed by atoms with van der Waals surface area (Å²) in [6.07, 6.45) is 0. The molecule has 1 aromatic rings. The topological polar surface area (TPSA) is 75.0 Å². The minimum absolute atomic E-state index is 0.0324. The van der Waals surface area contributed by atoms with E-state index in [0.29, 0.717) is 10.4 Å². The molecule has 0 aromatic carbocycles. The number of rotatable bonds is 0. The molecule has 0 spiro atoms. The zero-order chi connectivity index (χ0) is 7.72. The lowest BCUT2D eigenvalue weighted by Crippen LogP contribution is -2.17. The molecule has 0 saturated carbocycles. The highest BCUT2D eigenvalue weighted by atomic mass is 35.5. The number of hydrogen-bond donors (Lipinski definition) is 3. The third-order valence-corrected chi connectivity index (χ3v) is 1.29. The molecule has 1 rings (SSSR count). The van der Waals surface area contributed by atoms with Crippen molar-refractivity contribution < 1.29 is 5.21 Å². The lowest BCUT2D eigenvalue weighted by Gasteiger charge is -2.00. The first kappa shape index (κ1) is 6.95.